The fourth-order valence-corrected chi connectivity index (χ4v) is 1.50. The molecule has 0 bridgehead atoms. The van der Waals surface area contributed by atoms with Gasteiger partial charge in [0.1, 0.15) is 22.7 Å². The number of halogens is 1. The molecule has 0 aliphatic heterocycles. The van der Waals surface area contributed by atoms with Crippen molar-refractivity contribution >= 4 is 11.6 Å². The SMILES string of the molecule is CC(Oc1ccc(Cl)nc1)/C(=C\[N+](=O)[O-])N(C)C. The molecule has 1 unspecified atom stereocenters. The predicted molar refractivity (Wildman–Crippen MR) is 68.1 cm³/mol. The Morgan fingerprint density at radius 3 is 2.72 bits per heavy atom. The zero-order valence-corrected chi connectivity index (χ0v) is 11.1. The van der Waals surface area contributed by atoms with Crippen LogP contribution in [0.4, 0.5) is 0 Å². The molecule has 1 rings (SSSR count). The average Bonchev–Trinajstić information content (AvgIpc) is 2.28. The maximum Gasteiger partial charge on any atom is 0.257 e. The number of pyridine rings is 1. The summed E-state index contributed by atoms with van der Waals surface area (Å²) in [4.78, 5) is 15.5. The summed E-state index contributed by atoms with van der Waals surface area (Å²) in [6.07, 6.45) is 1.93. The number of likely N-dealkylation sites (N-methyl/N-ethyl adjacent to an activating group) is 1. The highest BCUT2D eigenvalue weighted by molar-refractivity contribution is 6.29. The van der Waals surface area contributed by atoms with E-state index in [9.17, 15) is 10.1 Å². The van der Waals surface area contributed by atoms with Gasteiger partial charge in [-0.1, -0.05) is 11.6 Å². The number of hydrogen-bond acceptors (Lipinski definition) is 5. The molecule has 0 saturated carbocycles. The molecule has 1 aromatic heterocycles. The average molecular weight is 272 g/mol. The molecule has 98 valence electrons. The van der Waals surface area contributed by atoms with Crippen molar-refractivity contribution in [3.63, 3.8) is 0 Å². The summed E-state index contributed by atoms with van der Waals surface area (Å²) in [5.74, 6) is 0.503. The third-order valence-electron chi connectivity index (χ3n) is 2.18. The summed E-state index contributed by atoms with van der Waals surface area (Å²) >= 11 is 5.65. The summed E-state index contributed by atoms with van der Waals surface area (Å²) < 4.78 is 5.56. The van der Waals surface area contributed by atoms with Gasteiger partial charge in [0.25, 0.3) is 6.20 Å². The Bertz CT molecular complexity index is 445. The van der Waals surface area contributed by atoms with Crippen LogP contribution >= 0.6 is 11.6 Å². The van der Waals surface area contributed by atoms with Crippen LogP contribution < -0.4 is 4.74 Å². The van der Waals surface area contributed by atoms with Crippen LogP contribution in [0.5, 0.6) is 5.75 Å². The van der Waals surface area contributed by atoms with Crippen molar-refractivity contribution in [1.29, 1.82) is 0 Å². The smallest absolute Gasteiger partial charge is 0.257 e. The van der Waals surface area contributed by atoms with Crippen molar-refractivity contribution in [2.45, 2.75) is 13.0 Å². The lowest BCUT2D eigenvalue weighted by Crippen LogP contribution is -2.26. The topological polar surface area (TPSA) is 68.5 Å². The molecule has 18 heavy (non-hydrogen) atoms. The second-order valence-corrected chi connectivity index (χ2v) is 4.20. The first-order valence-corrected chi connectivity index (χ1v) is 5.58. The summed E-state index contributed by atoms with van der Waals surface area (Å²) in [6.45, 7) is 1.73. The highest BCUT2D eigenvalue weighted by Gasteiger charge is 2.16. The number of hydrogen-bond donors (Lipinski definition) is 0. The van der Waals surface area contributed by atoms with Gasteiger partial charge in [-0.25, -0.2) is 4.98 Å². The Labute approximate surface area is 110 Å². The lowest BCUT2D eigenvalue weighted by molar-refractivity contribution is -0.404. The second kappa shape index (κ2) is 6.20. The largest absolute Gasteiger partial charge is 0.483 e. The van der Waals surface area contributed by atoms with Crippen molar-refractivity contribution in [2.75, 3.05) is 14.1 Å². The molecule has 0 aromatic carbocycles. The molecule has 0 radical (unpaired) electrons. The van der Waals surface area contributed by atoms with E-state index in [2.05, 4.69) is 4.98 Å². The molecule has 0 aliphatic carbocycles. The first-order chi connectivity index (χ1) is 8.40. The number of aromatic nitrogens is 1. The molecule has 1 heterocycles. The van der Waals surface area contributed by atoms with Gasteiger partial charge in [-0.3, -0.25) is 10.1 Å². The van der Waals surface area contributed by atoms with Crippen molar-refractivity contribution in [2.24, 2.45) is 0 Å². The summed E-state index contributed by atoms with van der Waals surface area (Å²) in [5.41, 5.74) is 0.454. The molecule has 0 aliphatic rings. The van der Waals surface area contributed by atoms with E-state index in [1.807, 2.05) is 0 Å². The first-order valence-electron chi connectivity index (χ1n) is 5.21. The molecule has 0 amide bonds. The summed E-state index contributed by atoms with van der Waals surface area (Å²) in [6, 6.07) is 3.25. The van der Waals surface area contributed by atoms with Gasteiger partial charge in [0.05, 0.1) is 11.1 Å². The van der Waals surface area contributed by atoms with E-state index in [4.69, 9.17) is 16.3 Å². The van der Waals surface area contributed by atoms with Crippen LogP contribution in [0.15, 0.2) is 30.2 Å². The monoisotopic (exact) mass is 271 g/mol. The highest BCUT2D eigenvalue weighted by Crippen LogP contribution is 2.17. The van der Waals surface area contributed by atoms with Crippen LogP contribution in [0.3, 0.4) is 0 Å². The number of ether oxygens (including phenoxy) is 1. The molecule has 0 saturated heterocycles. The molecular weight excluding hydrogens is 258 g/mol. The van der Waals surface area contributed by atoms with Crippen molar-refractivity contribution in [3.8, 4) is 5.75 Å². The summed E-state index contributed by atoms with van der Waals surface area (Å²) in [7, 11) is 3.44. The number of nitrogens with zero attached hydrogens (tertiary/aromatic N) is 3. The Balaban J connectivity index is 2.82. The predicted octanol–water partition coefficient (Wildman–Crippen LogP) is 2.18. The van der Waals surface area contributed by atoms with Gasteiger partial charge < -0.3 is 9.64 Å². The zero-order valence-electron chi connectivity index (χ0n) is 10.3. The van der Waals surface area contributed by atoms with Gasteiger partial charge in [0.2, 0.25) is 0 Å². The molecule has 0 N–H and O–H groups in total. The van der Waals surface area contributed by atoms with Gasteiger partial charge in [0, 0.05) is 14.1 Å². The van der Waals surface area contributed by atoms with E-state index < -0.39 is 11.0 Å². The minimum atomic E-state index is -0.505. The third-order valence-corrected chi connectivity index (χ3v) is 2.41. The minimum absolute atomic E-state index is 0.365. The van der Waals surface area contributed by atoms with Gasteiger partial charge in [-0.05, 0) is 19.1 Å². The molecule has 1 atom stereocenters. The van der Waals surface area contributed by atoms with E-state index >= 15 is 0 Å². The first kappa shape index (κ1) is 14.2. The fraction of sp³-hybridized carbons (Fsp3) is 0.364. The molecule has 0 spiro atoms. The van der Waals surface area contributed by atoms with Gasteiger partial charge >= 0.3 is 0 Å². The van der Waals surface area contributed by atoms with E-state index in [0.29, 0.717) is 16.6 Å². The normalized spacial score (nSPS) is 13.0. The molecular formula is C11H14ClN3O3. The van der Waals surface area contributed by atoms with E-state index in [-0.39, 0.29) is 0 Å². The Kier molecular flexibility index (Phi) is 4.91. The lowest BCUT2D eigenvalue weighted by atomic mass is 10.3. The Morgan fingerprint density at radius 1 is 1.61 bits per heavy atom. The molecule has 7 heteroatoms. The van der Waals surface area contributed by atoms with Crippen LogP contribution in [0.2, 0.25) is 5.15 Å². The van der Waals surface area contributed by atoms with Crippen LogP contribution in [0.25, 0.3) is 0 Å². The van der Waals surface area contributed by atoms with E-state index in [1.165, 1.54) is 6.20 Å². The Morgan fingerprint density at radius 2 is 2.28 bits per heavy atom. The van der Waals surface area contributed by atoms with Crippen LogP contribution in [-0.4, -0.2) is 35.0 Å². The maximum atomic E-state index is 10.5. The quantitative estimate of drug-likeness (QED) is 0.466. The van der Waals surface area contributed by atoms with E-state index in [0.717, 1.165) is 6.20 Å². The minimum Gasteiger partial charge on any atom is -0.483 e. The molecule has 0 fully saturated rings. The van der Waals surface area contributed by atoms with Gasteiger partial charge in [0.15, 0.2) is 0 Å². The van der Waals surface area contributed by atoms with Crippen molar-refractivity contribution < 1.29 is 9.66 Å². The van der Waals surface area contributed by atoms with Gasteiger partial charge in [-0.2, -0.15) is 0 Å². The number of rotatable bonds is 5. The van der Waals surface area contributed by atoms with Crippen LogP contribution in [0, 0.1) is 10.1 Å². The zero-order chi connectivity index (χ0) is 13.7. The summed E-state index contributed by atoms with van der Waals surface area (Å²) in [5, 5.41) is 10.9. The standard InChI is InChI=1S/C11H14ClN3O3/c1-8(10(14(2)3)7-15(16)17)18-9-4-5-11(12)13-6-9/h4-8H,1-3H3/b10-7+. The third kappa shape index (κ3) is 4.21. The Hall–Kier alpha value is -1.82. The molecule has 6 nitrogen and oxygen atoms in total. The highest BCUT2D eigenvalue weighted by atomic mass is 35.5. The van der Waals surface area contributed by atoms with Crippen LogP contribution in [-0.2, 0) is 0 Å². The van der Waals surface area contributed by atoms with Crippen molar-refractivity contribution in [1.82, 2.24) is 9.88 Å². The fourth-order valence-electron chi connectivity index (χ4n) is 1.39. The van der Waals surface area contributed by atoms with Gasteiger partial charge in [-0.15, -0.1) is 0 Å². The number of nitro groups is 1. The maximum absolute atomic E-state index is 10.5. The molecule has 1 aromatic rings. The lowest BCUT2D eigenvalue weighted by Gasteiger charge is -2.21. The van der Waals surface area contributed by atoms with Crippen molar-refractivity contribution in [3.05, 3.63) is 45.5 Å². The van der Waals surface area contributed by atoms with Crippen LogP contribution in [0.1, 0.15) is 6.92 Å². The second-order valence-electron chi connectivity index (χ2n) is 3.81. The van der Waals surface area contributed by atoms with E-state index in [1.54, 1.807) is 38.1 Å².